The van der Waals surface area contributed by atoms with Crippen LogP contribution in [0.4, 0.5) is 4.39 Å². The van der Waals surface area contributed by atoms with Gasteiger partial charge in [0.2, 0.25) is 0 Å². The third kappa shape index (κ3) is 2.97. The maximum atomic E-state index is 13.1. The molecule has 2 N–H and O–H groups in total. The van der Waals surface area contributed by atoms with Crippen LogP contribution in [0, 0.1) is 5.82 Å². The fraction of sp³-hybridized carbons (Fsp3) is 0.0909. The van der Waals surface area contributed by atoms with Gasteiger partial charge in [0.1, 0.15) is 11.9 Å². The Kier molecular flexibility index (Phi) is 4.20. The van der Waals surface area contributed by atoms with E-state index in [2.05, 4.69) is 5.32 Å². The Bertz CT molecular complexity index is 984. The molecule has 0 aliphatic heterocycles. The highest BCUT2D eigenvalue weighted by Gasteiger charge is 2.38. The zero-order valence-corrected chi connectivity index (χ0v) is 14.2. The minimum absolute atomic E-state index is 0.210. The van der Waals surface area contributed by atoms with Crippen LogP contribution < -0.4 is 5.32 Å². The van der Waals surface area contributed by atoms with Crippen LogP contribution in [-0.4, -0.2) is 23.0 Å². The number of halogens is 1. The first-order valence-electron chi connectivity index (χ1n) is 8.53. The maximum Gasteiger partial charge on any atom is 0.327 e. The van der Waals surface area contributed by atoms with E-state index < -0.39 is 29.7 Å². The SMILES string of the molecule is O=C(N[C@@H](C(=O)O)C1c2ccccc2-c2ccccc21)c1ccc(F)cc1. The van der Waals surface area contributed by atoms with Crippen molar-refractivity contribution in [3.8, 4) is 11.1 Å². The van der Waals surface area contributed by atoms with E-state index in [0.29, 0.717) is 0 Å². The van der Waals surface area contributed by atoms with Gasteiger partial charge in [-0.1, -0.05) is 48.5 Å². The average molecular weight is 361 g/mol. The number of carboxylic acid groups (broad SMARTS) is 1. The Morgan fingerprint density at radius 1 is 0.852 bits per heavy atom. The molecule has 0 aromatic heterocycles. The van der Waals surface area contributed by atoms with Crippen LogP contribution in [0.2, 0.25) is 0 Å². The predicted molar refractivity (Wildman–Crippen MR) is 99.0 cm³/mol. The highest BCUT2D eigenvalue weighted by molar-refractivity contribution is 5.97. The van der Waals surface area contributed by atoms with Gasteiger partial charge < -0.3 is 10.4 Å². The van der Waals surface area contributed by atoms with E-state index in [0.717, 1.165) is 22.3 Å². The molecule has 0 bridgehead atoms. The van der Waals surface area contributed by atoms with E-state index in [1.165, 1.54) is 24.3 Å². The monoisotopic (exact) mass is 361 g/mol. The number of carbonyl (C=O) groups excluding carboxylic acids is 1. The molecule has 0 unspecified atom stereocenters. The molecule has 4 rings (SSSR count). The molecule has 1 amide bonds. The lowest BCUT2D eigenvalue weighted by molar-refractivity contribution is -0.139. The summed E-state index contributed by atoms with van der Waals surface area (Å²) in [5.74, 6) is -2.63. The molecule has 134 valence electrons. The Balaban J connectivity index is 1.73. The zero-order chi connectivity index (χ0) is 19.0. The van der Waals surface area contributed by atoms with E-state index in [9.17, 15) is 19.1 Å². The van der Waals surface area contributed by atoms with Crippen molar-refractivity contribution in [3.05, 3.63) is 95.3 Å². The lowest BCUT2D eigenvalue weighted by Gasteiger charge is -2.23. The summed E-state index contributed by atoms with van der Waals surface area (Å²) in [6, 6.07) is 19.1. The van der Waals surface area contributed by atoms with Crippen molar-refractivity contribution >= 4 is 11.9 Å². The van der Waals surface area contributed by atoms with Gasteiger partial charge in [0.05, 0.1) is 0 Å². The molecule has 1 aliphatic rings. The summed E-state index contributed by atoms with van der Waals surface area (Å²) in [5.41, 5.74) is 3.89. The number of amides is 1. The number of nitrogens with one attached hydrogen (secondary N) is 1. The molecule has 3 aromatic rings. The first kappa shape index (κ1) is 17.0. The van der Waals surface area contributed by atoms with Gasteiger partial charge in [-0.15, -0.1) is 0 Å². The summed E-state index contributed by atoms with van der Waals surface area (Å²) in [7, 11) is 0. The molecular formula is C22H16FNO3. The molecule has 5 heteroatoms. The van der Waals surface area contributed by atoms with Gasteiger partial charge in [0, 0.05) is 11.5 Å². The van der Waals surface area contributed by atoms with Crippen LogP contribution in [0.1, 0.15) is 27.4 Å². The van der Waals surface area contributed by atoms with E-state index in [1.807, 2.05) is 48.5 Å². The fourth-order valence-electron chi connectivity index (χ4n) is 3.67. The van der Waals surface area contributed by atoms with E-state index in [-0.39, 0.29) is 5.56 Å². The smallest absolute Gasteiger partial charge is 0.327 e. The van der Waals surface area contributed by atoms with Crippen molar-refractivity contribution in [2.75, 3.05) is 0 Å². The molecule has 0 saturated heterocycles. The number of fused-ring (bicyclic) bond motifs is 3. The van der Waals surface area contributed by atoms with Crippen LogP contribution in [0.25, 0.3) is 11.1 Å². The first-order valence-corrected chi connectivity index (χ1v) is 8.53. The van der Waals surface area contributed by atoms with E-state index >= 15 is 0 Å². The third-order valence-corrected chi connectivity index (χ3v) is 4.87. The van der Waals surface area contributed by atoms with Crippen LogP contribution >= 0.6 is 0 Å². The Hall–Kier alpha value is -3.47. The van der Waals surface area contributed by atoms with Crippen molar-refractivity contribution in [3.63, 3.8) is 0 Å². The minimum atomic E-state index is -1.15. The Morgan fingerprint density at radius 2 is 1.37 bits per heavy atom. The van der Waals surface area contributed by atoms with Crippen molar-refractivity contribution in [2.24, 2.45) is 0 Å². The summed E-state index contributed by atoms with van der Waals surface area (Å²) in [5, 5.41) is 12.5. The second-order valence-electron chi connectivity index (χ2n) is 6.45. The molecule has 4 nitrogen and oxygen atoms in total. The van der Waals surface area contributed by atoms with Gasteiger partial charge >= 0.3 is 5.97 Å². The molecule has 1 aliphatic carbocycles. The van der Waals surface area contributed by atoms with E-state index in [4.69, 9.17) is 0 Å². The number of benzene rings is 3. The number of rotatable bonds is 4. The van der Waals surface area contributed by atoms with Gasteiger partial charge in [-0.25, -0.2) is 9.18 Å². The number of carbonyl (C=O) groups is 2. The molecule has 0 spiro atoms. The fourth-order valence-corrected chi connectivity index (χ4v) is 3.67. The largest absolute Gasteiger partial charge is 0.480 e. The van der Waals surface area contributed by atoms with Gasteiger partial charge in [0.25, 0.3) is 5.91 Å². The molecule has 0 heterocycles. The number of aliphatic carboxylic acids is 1. The maximum absolute atomic E-state index is 13.1. The summed E-state index contributed by atoms with van der Waals surface area (Å²) < 4.78 is 13.1. The predicted octanol–water partition coefficient (Wildman–Crippen LogP) is 3.82. The number of carboxylic acids is 1. The second kappa shape index (κ2) is 6.68. The van der Waals surface area contributed by atoms with Crippen molar-refractivity contribution in [1.82, 2.24) is 5.32 Å². The van der Waals surface area contributed by atoms with Crippen LogP contribution in [-0.2, 0) is 4.79 Å². The summed E-state index contributed by atoms with van der Waals surface area (Å²) >= 11 is 0. The minimum Gasteiger partial charge on any atom is -0.480 e. The quantitative estimate of drug-likeness (QED) is 0.742. The van der Waals surface area contributed by atoms with Crippen LogP contribution in [0.5, 0.6) is 0 Å². The third-order valence-electron chi connectivity index (χ3n) is 4.87. The highest BCUT2D eigenvalue weighted by Crippen LogP contribution is 2.46. The lowest BCUT2D eigenvalue weighted by Crippen LogP contribution is -2.44. The summed E-state index contributed by atoms with van der Waals surface area (Å²) in [4.78, 5) is 24.6. The Labute approximate surface area is 155 Å². The van der Waals surface area contributed by atoms with Gasteiger partial charge in [0.15, 0.2) is 0 Å². The normalized spacial score (nSPS) is 13.5. The summed E-state index contributed by atoms with van der Waals surface area (Å²) in [6.45, 7) is 0. The Morgan fingerprint density at radius 3 is 1.89 bits per heavy atom. The van der Waals surface area contributed by atoms with Gasteiger partial charge in [-0.05, 0) is 46.5 Å². The van der Waals surface area contributed by atoms with Crippen molar-refractivity contribution < 1.29 is 19.1 Å². The van der Waals surface area contributed by atoms with E-state index in [1.54, 1.807) is 0 Å². The molecule has 27 heavy (non-hydrogen) atoms. The lowest BCUT2D eigenvalue weighted by atomic mass is 9.89. The molecule has 0 fully saturated rings. The van der Waals surface area contributed by atoms with Gasteiger partial charge in [-0.3, -0.25) is 4.79 Å². The zero-order valence-electron chi connectivity index (χ0n) is 14.2. The molecule has 3 aromatic carbocycles. The molecule has 1 atom stereocenters. The second-order valence-corrected chi connectivity index (χ2v) is 6.45. The van der Waals surface area contributed by atoms with Crippen molar-refractivity contribution in [2.45, 2.75) is 12.0 Å². The number of hydrogen-bond donors (Lipinski definition) is 2. The van der Waals surface area contributed by atoms with Crippen LogP contribution in [0.15, 0.2) is 72.8 Å². The standard InChI is InChI=1S/C22H16FNO3/c23-14-11-9-13(10-12-14)21(25)24-20(22(26)27)19-17-7-3-1-5-15(17)16-6-2-4-8-18(16)19/h1-12,19-20H,(H,24,25)(H,26,27)/t20-/m1/s1. The molecular weight excluding hydrogens is 345 g/mol. The number of hydrogen-bond acceptors (Lipinski definition) is 2. The molecule has 0 saturated carbocycles. The molecule has 0 radical (unpaired) electrons. The average Bonchev–Trinajstić information content (AvgIpc) is 3.01. The van der Waals surface area contributed by atoms with Gasteiger partial charge in [-0.2, -0.15) is 0 Å². The van der Waals surface area contributed by atoms with Crippen molar-refractivity contribution in [1.29, 1.82) is 0 Å². The topological polar surface area (TPSA) is 66.4 Å². The first-order chi connectivity index (χ1) is 13.1. The van der Waals surface area contributed by atoms with Crippen LogP contribution in [0.3, 0.4) is 0 Å². The highest BCUT2D eigenvalue weighted by atomic mass is 19.1. The summed E-state index contributed by atoms with van der Waals surface area (Å²) in [6.07, 6.45) is 0.